The van der Waals surface area contributed by atoms with Crippen LogP contribution in [-0.2, 0) is 4.74 Å². The summed E-state index contributed by atoms with van der Waals surface area (Å²) in [5, 5.41) is 2.90. The molecule has 0 aliphatic heterocycles. The number of rotatable bonds is 6. The van der Waals surface area contributed by atoms with Gasteiger partial charge in [-0.15, -0.1) is 0 Å². The fourth-order valence-corrected chi connectivity index (χ4v) is 1.65. The summed E-state index contributed by atoms with van der Waals surface area (Å²) in [4.78, 5) is 11.2. The van der Waals surface area contributed by atoms with E-state index in [-0.39, 0.29) is 12.2 Å². The van der Waals surface area contributed by atoms with Gasteiger partial charge in [-0.25, -0.2) is 4.79 Å². The molecule has 7 heteroatoms. The summed E-state index contributed by atoms with van der Waals surface area (Å²) >= 11 is 0. The lowest BCUT2D eigenvalue weighted by atomic mass is 10.1. The van der Waals surface area contributed by atoms with Gasteiger partial charge in [-0.2, -0.15) is 13.2 Å². The standard InChI is InChI=1S/C12H16F3NO3/c1-3-16-8(6-7-12(13,14)15)9-4-5-10(19-9)11(17)18-2/h4-5,8,16H,3,6-7H2,1-2H3. The monoisotopic (exact) mass is 279 g/mol. The fourth-order valence-electron chi connectivity index (χ4n) is 1.65. The Hall–Kier alpha value is -1.50. The molecule has 0 saturated carbocycles. The van der Waals surface area contributed by atoms with E-state index in [1.54, 1.807) is 6.92 Å². The minimum atomic E-state index is -4.22. The van der Waals surface area contributed by atoms with E-state index in [0.29, 0.717) is 12.3 Å². The van der Waals surface area contributed by atoms with Gasteiger partial charge in [-0.1, -0.05) is 6.92 Å². The molecular weight excluding hydrogens is 263 g/mol. The van der Waals surface area contributed by atoms with E-state index in [1.807, 2.05) is 0 Å². The van der Waals surface area contributed by atoms with Crippen molar-refractivity contribution < 1.29 is 27.1 Å². The predicted octanol–water partition coefficient (Wildman–Crippen LogP) is 3.06. The van der Waals surface area contributed by atoms with Crippen LogP contribution in [0.2, 0.25) is 0 Å². The number of nitrogens with one attached hydrogen (secondary N) is 1. The van der Waals surface area contributed by atoms with Crippen molar-refractivity contribution in [1.29, 1.82) is 0 Å². The number of ether oxygens (including phenoxy) is 1. The third kappa shape index (κ3) is 4.94. The van der Waals surface area contributed by atoms with Gasteiger partial charge in [0.15, 0.2) is 0 Å². The number of hydrogen-bond donors (Lipinski definition) is 1. The second-order valence-electron chi connectivity index (χ2n) is 3.96. The van der Waals surface area contributed by atoms with Crippen LogP contribution in [0.5, 0.6) is 0 Å². The van der Waals surface area contributed by atoms with Crippen molar-refractivity contribution in [2.75, 3.05) is 13.7 Å². The van der Waals surface area contributed by atoms with Crippen LogP contribution >= 0.6 is 0 Å². The number of methoxy groups -OCH3 is 1. The van der Waals surface area contributed by atoms with Gasteiger partial charge in [0.25, 0.3) is 0 Å². The molecule has 0 fully saturated rings. The molecule has 0 aliphatic rings. The fraction of sp³-hybridized carbons (Fsp3) is 0.583. The van der Waals surface area contributed by atoms with Crippen molar-refractivity contribution in [3.8, 4) is 0 Å². The Labute approximate surface area is 108 Å². The Balaban J connectivity index is 2.75. The van der Waals surface area contributed by atoms with Gasteiger partial charge in [0.2, 0.25) is 5.76 Å². The van der Waals surface area contributed by atoms with Crippen molar-refractivity contribution in [1.82, 2.24) is 5.32 Å². The van der Waals surface area contributed by atoms with Gasteiger partial charge in [-0.3, -0.25) is 0 Å². The van der Waals surface area contributed by atoms with Crippen molar-refractivity contribution in [2.45, 2.75) is 32.0 Å². The number of carbonyl (C=O) groups is 1. The van der Waals surface area contributed by atoms with Crippen molar-refractivity contribution in [3.05, 3.63) is 23.7 Å². The molecule has 0 amide bonds. The van der Waals surface area contributed by atoms with Crippen LogP contribution in [-0.4, -0.2) is 25.8 Å². The maximum Gasteiger partial charge on any atom is 0.389 e. The lowest BCUT2D eigenvalue weighted by Crippen LogP contribution is -2.22. The Morgan fingerprint density at radius 2 is 2.16 bits per heavy atom. The zero-order valence-corrected chi connectivity index (χ0v) is 10.7. The second-order valence-corrected chi connectivity index (χ2v) is 3.96. The highest BCUT2D eigenvalue weighted by Gasteiger charge is 2.29. The topological polar surface area (TPSA) is 51.5 Å². The van der Waals surface area contributed by atoms with E-state index >= 15 is 0 Å². The summed E-state index contributed by atoms with van der Waals surface area (Å²) < 4.78 is 46.4. The van der Waals surface area contributed by atoms with Crippen LogP contribution in [0.15, 0.2) is 16.5 Å². The van der Waals surface area contributed by atoms with Gasteiger partial charge in [0, 0.05) is 6.42 Å². The Bertz CT molecular complexity index is 415. The average Bonchev–Trinajstić information content (AvgIpc) is 2.81. The normalized spacial score (nSPS) is 13.3. The lowest BCUT2D eigenvalue weighted by molar-refractivity contribution is -0.136. The van der Waals surface area contributed by atoms with E-state index in [2.05, 4.69) is 10.1 Å². The number of esters is 1. The number of hydrogen-bond acceptors (Lipinski definition) is 4. The smallest absolute Gasteiger partial charge is 0.389 e. The van der Waals surface area contributed by atoms with Gasteiger partial charge in [0.1, 0.15) is 5.76 Å². The highest BCUT2D eigenvalue weighted by atomic mass is 19.4. The molecule has 0 radical (unpaired) electrons. The van der Waals surface area contributed by atoms with Gasteiger partial charge in [-0.05, 0) is 25.1 Å². The summed E-state index contributed by atoms with van der Waals surface area (Å²) in [6.45, 7) is 2.28. The summed E-state index contributed by atoms with van der Waals surface area (Å²) in [5.41, 5.74) is 0. The maximum atomic E-state index is 12.2. The van der Waals surface area contributed by atoms with E-state index < -0.39 is 24.6 Å². The van der Waals surface area contributed by atoms with Gasteiger partial charge < -0.3 is 14.5 Å². The highest BCUT2D eigenvalue weighted by molar-refractivity contribution is 5.86. The SMILES string of the molecule is CCNC(CCC(F)(F)F)c1ccc(C(=O)OC)o1. The molecule has 1 aromatic heterocycles. The maximum absolute atomic E-state index is 12.2. The molecule has 1 N–H and O–H groups in total. The molecule has 0 saturated heterocycles. The molecule has 0 aliphatic carbocycles. The molecule has 108 valence electrons. The van der Waals surface area contributed by atoms with Gasteiger partial charge >= 0.3 is 12.1 Å². The van der Waals surface area contributed by atoms with E-state index in [1.165, 1.54) is 19.2 Å². The molecule has 1 aromatic rings. The first-order valence-electron chi connectivity index (χ1n) is 5.85. The van der Waals surface area contributed by atoms with Crippen molar-refractivity contribution in [2.24, 2.45) is 0 Å². The number of alkyl halides is 3. The second kappa shape index (κ2) is 6.60. The molecule has 0 bridgehead atoms. The van der Waals surface area contributed by atoms with E-state index in [0.717, 1.165) is 0 Å². The third-order valence-corrected chi connectivity index (χ3v) is 2.52. The van der Waals surface area contributed by atoms with Crippen LogP contribution < -0.4 is 5.32 Å². The van der Waals surface area contributed by atoms with Crippen LogP contribution in [0.25, 0.3) is 0 Å². The number of halogens is 3. The zero-order chi connectivity index (χ0) is 14.5. The third-order valence-electron chi connectivity index (χ3n) is 2.52. The summed E-state index contributed by atoms with van der Waals surface area (Å²) in [5.74, 6) is -0.378. The minimum absolute atomic E-state index is 0.0209. The van der Waals surface area contributed by atoms with Gasteiger partial charge in [0.05, 0.1) is 13.2 Å². The molecule has 0 spiro atoms. The lowest BCUT2D eigenvalue weighted by Gasteiger charge is -2.16. The largest absolute Gasteiger partial charge is 0.463 e. The first-order chi connectivity index (χ1) is 8.87. The predicted molar refractivity (Wildman–Crippen MR) is 61.8 cm³/mol. The number of carbonyl (C=O) groups excluding carboxylic acids is 1. The molecule has 19 heavy (non-hydrogen) atoms. The summed E-state index contributed by atoms with van der Waals surface area (Å²) in [7, 11) is 1.20. The van der Waals surface area contributed by atoms with Crippen LogP contribution in [0.4, 0.5) is 13.2 Å². The molecule has 0 aromatic carbocycles. The molecular formula is C12H16F3NO3. The van der Waals surface area contributed by atoms with Crippen molar-refractivity contribution >= 4 is 5.97 Å². The summed E-state index contributed by atoms with van der Waals surface area (Å²) in [6.07, 6.45) is -5.28. The average molecular weight is 279 g/mol. The molecule has 1 atom stereocenters. The zero-order valence-electron chi connectivity index (χ0n) is 10.7. The minimum Gasteiger partial charge on any atom is -0.463 e. The molecule has 1 rings (SSSR count). The van der Waals surface area contributed by atoms with Crippen LogP contribution in [0, 0.1) is 0 Å². The van der Waals surface area contributed by atoms with E-state index in [4.69, 9.17) is 4.42 Å². The Morgan fingerprint density at radius 1 is 1.47 bits per heavy atom. The first-order valence-corrected chi connectivity index (χ1v) is 5.85. The Morgan fingerprint density at radius 3 is 2.68 bits per heavy atom. The quantitative estimate of drug-likeness (QED) is 0.813. The van der Waals surface area contributed by atoms with Crippen LogP contribution in [0.1, 0.15) is 42.1 Å². The van der Waals surface area contributed by atoms with E-state index in [9.17, 15) is 18.0 Å². The summed E-state index contributed by atoms with van der Waals surface area (Å²) in [6, 6.07) is 2.29. The first kappa shape index (κ1) is 15.6. The number of furan rings is 1. The van der Waals surface area contributed by atoms with Crippen LogP contribution in [0.3, 0.4) is 0 Å². The Kier molecular flexibility index (Phi) is 5.41. The highest BCUT2D eigenvalue weighted by Crippen LogP contribution is 2.28. The molecule has 1 heterocycles. The molecule has 1 unspecified atom stereocenters. The molecule has 4 nitrogen and oxygen atoms in total. The van der Waals surface area contributed by atoms with Crippen molar-refractivity contribution in [3.63, 3.8) is 0 Å².